The monoisotopic (exact) mass is 587 g/mol. The molecule has 3 unspecified atom stereocenters. The van der Waals surface area contributed by atoms with Gasteiger partial charge in [-0.2, -0.15) is 22.0 Å². The van der Waals surface area contributed by atoms with Crippen LogP contribution in [0.2, 0.25) is 0 Å². The van der Waals surface area contributed by atoms with E-state index in [0.29, 0.717) is 18.8 Å². The second-order valence-electron chi connectivity index (χ2n) is 11.8. The molecule has 0 saturated carbocycles. The van der Waals surface area contributed by atoms with Crippen LogP contribution in [-0.4, -0.2) is 53.7 Å². The molecule has 0 aromatic heterocycles. The minimum Gasteiger partial charge on any atom is -0.633 e. The molecule has 1 heterocycles. The molecule has 230 valence electrons. The van der Waals surface area contributed by atoms with Crippen molar-refractivity contribution in [2.45, 2.75) is 94.6 Å². The summed E-state index contributed by atoms with van der Waals surface area (Å²) < 4.78 is 68.2. The standard InChI is InChI=1S/C31H42F5NO4/c1-29(23-12-14-24(38)15-13-23)22-41-28-21-25(39)16-17-26(28)27(29)11-8-6-4-3-5-7-9-19-37(2,40)20-10-18-30(32,33)31(34,35)36/h12-17,21,27,38-39H,3-11,18-20,22H2,1-2H3. The van der Waals surface area contributed by atoms with Crippen molar-refractivity contribution in [3.05, 3.63) is 58.8 Å². The number of quaternary nitrogens is 1. The Bertz CT molecular complexity index is 1110. The van der Waals surface area contributed by atoms with Crippen LogP contribution in [0.3, 0.4) is 0 Å². The van der Waals surface area contributed by atoms with Crippen LogP contribution in [0.15, 0.2) is 42.5 Å². The Morgan fingerprint density at radius 3 is 2.05 bits per heavy atom. The number of rotatable bonds is 15. The van der Waals surface area contributed by atoms with Crippen LogP contribution >= 0.6 is 0 Å². The first-order valence-electron chi connectivity index (χ1n) is 14.4. The molecular formula is C31H42F5NO4. The van der Waals surface area contributed by atoms with E-state index in [-0.39, 0.29) is 35.9 Å². The van der Waals surface area contributed by atoms with Gasteiger partial charge in [0.05, 0.1) is 26.7 Å². The van der Waals surface area contributed by atoms with E-state index in [4.69, 9.17) is 4.74 Å². The molecule has 0 saturated heterocycles. The summed E-state index contributed by atoms with van der Waals surface area (Å²) in [5, 5.41) is 32.1. The molecule has 0 aliphatic carbocycles. The molecule has 1 aliphatic heterocycles. The predicted molar refractivity (Wildman–Crippen MR) is 148 cm³/mol. The van der Waals surface area contributed by atoms with Gasteiger partial charge in [0.2, 0.25) is 0 Å². The van der Waals surface area contributed by atoms with Crippen molar-refractivity contribution in [3.63, 3.8) is 0 Å². The van der Waals surface area contributed by atoms with Crippen molar-refractivity contribution < 1.29 is 41.5 Å². The number of hydroxylamine groups is 3. The molecule has 3 atom stereocenters. The molecule has 2 aromatic carbocycles. The fourth-order valence-electron chi connectivity index (χ4n) is 5.78. The first-order valence-corrected chi connectivity index (χ1v) is 14.4. The maximum Gasteiger partial charge on any atom is 0.453 e. The van der Waals surface area contributed by atoms with E-state index in [1.165, 1.54) is 7.05 Å². The summed E-state index contributed by atoms with van der Waals surface area (Å²) in [7, 11) is 1.33. The number of nitrogens with zero attached hydrogens (tertiary/aromatic N) is 1. The van der Waals surface area contributed by atoms with E-state index in [1.54, 1.807) is 24.3 Å². The first kappa shape index (κ1) is 32.9. The van der Waals surface area contributed by atoms with Crippen LogP contribution in [0.25, 0.3) is 0 Å². The van der Waals surface area contributed by atoms with Crippen LogP contribution in [0.4, 0.5) is 22.0 Å². The first-order chi connectivity index (χ1) is 19.1. The maximum atomic E-state index is 13.0. The number of ether oxygens (including phenoxy) is 1. The predicted octanol–water partition coefficient (Wildman–Crippen LogP) is 8.57. The molecular weight excluding hydrogens is 545 g/mol. The summed E-state index contributed by atoms with van der Waals surface area (Å²) >= 11 is 0. The summed E-state index contributed by atoms with van der Waals surface area (Å²) in [6, 6.07) is 12.5. The number of aromatic hydroxyl groups is 2. The minimum absolute atomic E-state index is 0.162. The molecule has 2 N–H and O–H groups in total. The van der Waals surface area contributed by atoms with E-state index < -0.39 is 29.6 Å². The Morgan fingerprint density at radius 1 is 0.854 bits per heavy atom. The smallest absolute Gasteiger partial charge is 0.453 e. The normalized spacial score (nSPS) is 20.7. The lowest BCUT2D eigenvalue weighted by molar-refractivity contribution is -0.861. The highest BCUT2D eigenvalue weighted by atomic mass is 19.4. The zero-order valence-corrected chi connectivity index (χ0v) is 23.9. The Kier molecular flexibility index (Phi) is 10.9. The van der Waals surface area contributed by atoms with Gasteiger partial charge in [0.15, 0.2) is 0 Å². The Morgan fingerprint density at radius 2 is 1.41 bits per heavy atom. The molecule has 1 aliphatic rings. The number of halogens is 5. The van der Waals surface area contributed by atoms with Gasteiger partial charge in [-0.3, -0.25) is 0 Å². The number of phenolic OH excluding ortho intramolecular Hbond substituents is 2. The van der Waals surface area contributed by atoms with Crippen LogP contribution in [0, 0.1) is 5.21 Å². The molecule has 0 bridgehead atoms. The van der Waals surface area contributed by atoms with Crippen molar-refractivity contribution in [3.8, 4) is 17.2 Å². The molecule has 3 rings (SSSR count). The molecule has 0 amide bonds. The third kappa shape index (κ3) is 8.95. The quantitative estimate of drug-likeness (QED) is 0.0948. The van der Waals surface area contributed by atoms with Crippen LogP contribution in [0.5, 0.6) is 17.2 Å². The lowest BCUT2D eigenvalue weighted by atomic mass is 9.66. The van der Waals surface area contributed by atoms with Gasteiger partial charge in [0.1, 0.15) is 17.2 Å². The van der Waals surface area contributed by atoms with E-state index in [0.717, 1.165) is 56.1 Å². The number of phenols is 2. The highest BCUT2D eigenvalue weighted by Gasteiger charge is 2.56. The Hall–Kier alpha value is -2.59. The average molecular weight is 588 g/mol. The molecule has 5 nitrogen and oxygen atoms in total. The molecule has 0 fully saturated rings. The molecule has 2 aromatic rings. The number of benzene rings is 2. The van der Waals surface area contributed by atoms with Gasteiger partial charge in [-0.25, -0.2) is 0 Å². The number of alkyl halides is 5. The molecule has 0 radical (unpaired) electrons. The van der Waals surface area contributed by atoms with E-state index in [1.807, 2.05) is 18.2 Å². The second-order valence-corrected chi connectivity index (χ2v) is 11.8. The van der Waals surface area contributed by atoms with Crippen molar-refractivity contribution in [1.29, 1.82) is 0 Å². The van der Waals surface area contributed by atoms with E-state index in [9.17, 15) is 37.4 Å². The van der Waals surface area contributed by atoms with Crippen LogP contribution < -0.4 is 4.74 Å². The van der Waals surface area contributed by atoms with Gasteiger partial charge in [0, 0.05) is 30.2 Å². The van der Waals surface area contributed by atoms with Crippen molar-refractivity contribution in [2.75, 3.05) is 26.7 Å². The average Bonchev–Trinajstić information content (AvgIpc) is 2.88. The van der Waals surface area contributed by atoms with Crippen LogP contribution in [-0.2, 0) is 5.41 Å². The number of unbranched alkanes of at least 4 members (excludes halogenated alkanes) is 6. The van der Waals surface area contributed by atoms with Crippen molar-refractivity contribution in [2.24, 2.45) is 0 Å². The lowest BCUT2D eigenvalue weighted by Crippen LogP contribution is -2.41. The van der Waals surface area contributed by atoms with E-state index >= 15 is 0 Å². The number of hydrogen-bond donors (Lipinski definition) is 2. The summed E-state index contributed by atoms with van der Waals surface area (Å²) in [6.07, 6.45) is -0.0996. The summed E-state index contributed by atoms with van der Waals surface area (Å²) in [4.78, 5) is 0. The minimum atomic E-state index is -5.58. The SMILES string of the molecule is CC1(c2ccc(O)cc2)COc2cc(O)ccc2C1CCCCCCCCC[N+](C)([O-])CCCC(F)(F)C(F)(F)F. The Balaban J connectivity index is 1.40. The molecule has 10 heteroatoms. The second kappa shape index (κ2) is 13.6. The lowest BCUT2D eigenvalue weighted by Gasteiger charge is -2.43. The van der Waals surface area contributed by atoms with E-state index in [2.05, 4.69) is 6.92 Å². The maximum absolute atomic E-state index is 13.0. The third-order valence-corrected chi connectivity index (χ3v) is 8.36. The highest BCUT2D eigenvalue weighted by molar-refractivity contribution is 5.48. The number of hydrogen-bond acceptors (Lipinski definition) is 4. The zero-order chi connectivity index (χ0) is 30.3. The summed E-state index contributed by atoms with van der Waals surface area (Å²) in [5.41, 5.74) is 1.84. The third-order valence-electron chi connectivity index (χ3n) is 8.36. The Labute approximate surface area is 239 Å². The fourth-order valence-corrected chi connectivity index (χ4v) is 5.78. The van der Waals surface area contributed by atoms with Crippen molar-refractivity contribution >= 4 is 0 Å². The largest absolute Gasteiger partial charge is 0.633 e. The van der Waals surface area contributed by atoms with Gasteiger partial charge in [-0.05, 0) is 48.6 Å². The van der Waals surface area contributed by atoms with Gasteiger partial charge >= 0.3 is 12.1 Å². The summed E-state index contributed by atoms with van der Waals surface area (Å²) in [6.45, 7) is 2.57. The van der Waals surface area contributed by atoms with Gasteiger partial charge in [-0.15, -0.1) is 0 Å². The van der Waals surface area contributed by atoms with Crippen LogP contribution in [0.1, 0.15) is 88.2 Å². The topological polar surface area (TPSA) is 72.8 Å². The number of fused-ring (bicyclic) bond motifs is 1. The highest BCUT2D eigenvalue weighted by Crippen LogP contribution is 2.49. The zero-order valence-electron chi connectivity index (χ0n) is 23.9. The fraction of sp³-hybridized carbons (Fsp3) is 0.613. The van der Waals surface area contributed by atoms with Gasteiger partial charge in [0.25, 0.3) is 0 Å². The summed E-state index contributed by atoms with van der Waals surface area (Å²) in [5.74, 6) is -3.52. The van der Waals surface area contributed by atoms with Gasteiger partial charge in [-0.1, -0.05) is 57.2 Å². The molecule has 41 heavy (non-hydrogen) atoms. The van der Waals surface area contributed by atoms with Gasteiger partial charge < -0.3 is 24.8 Å². The van der Waals surface area contributed by atoms with Crippen molar-refractivity contribution in [1.82, 2.24) is 0 Å². The molecule has 0 spiro atoms.